The van der Waals surface area contributed by atoms with Gasteiger partial charge in [-0.1, -0.05) is 42.5 Å². The molecule has 0 spiro atoms. The minimum Gasteiger partial charge on any atom is -0.446 e. The highest BCUT2D eigenvalue weighted by atomic mass is 16.3. The minimum atomic E-state index is -0.212. The summed E-state index contributed by atoms with van der Waals surface area (Å²) >= 11 is 0. The van der Waals surface area contributed by atoms with Gasteiger partial charge in [-0.3, -0.25) is 4.79 Å². The molecule has 1 amide bonds. The molecule has 0 saturated carbocycles. The van der Waals surface area contributed by atoms with E-state index in [-0.39, 0.29) is 11.9 Å². The lowest BCUT2D eigenvalue weighted by Gasteiger charge is -2.07. The van der Waals surface area contributed by atoms with Crippen molar-refractivity contribution in [1.29, 1.82) is 0 Å². The Morgan fingerprint density at radius 2 is 2.12 bits per heavy atom. The Labute approximate surface area is 140 Å². The summed E-state index contributed by atoms with van der Waals surface area (Å²) in [6.45, 7) is 1.43. The van der Waals surface area contributed by atoms with Crippen molar-refractivity contribution in [2.45, 2.75) is 25.4 Å². The third-order valence-electron chi connectivity index (χ3n) is 4.43. The van der Waals surface area contributed by atoms with Crippen LogP contribution in [0.25, 0.3) is 10.8 Å². The standard InChI is InChI=1S/C19H19N3O2/c23-18(17-12-24-19(22-17)16-9-4-10-20-16)21-11-14-7-3-6-13-5-1-2-8-15(13)14/h1-3,5-8,12,16,20H,4,9-11H2,(H,21,23). The predicted molar refractivity (Wildman–Crippen MR) is 91.6 cm³/mol. The molecule has 0 aliphatic carbocycles. The molecule has 1 aliphatic rings. The average Bonchev–Trinajstić information content (AvgIpc) is 3.30. The van der Waals surface area contributed by atoms with Gasteiger partial charge in [0.1, 0.15) is 6.26 Å². The van der Waals surface area contributed by atoms with E-state index in [9.17, 15) is 4.79 Å². The summed E-state index contributed by atoms with van der Waals surface area (Å²) in [7, 11) is 0. The first-order chi connectivity index (χ1) is 11.8. The number of fused-ring (bicyclic) bond motifs is 1. The number of rotatable bonds is 4. The van der Waals surface area contributed by atoms with Gasteiger partial charge in [0, 0.05) is 6.54 Å². The molecule has 1 fully saturated rings. The number of amides is 1. The van der Waals surface area contributed by atoms with Gasteiger partial charge in [0.25, 0.3) is 5.91 Å². The van der Waals surface area contributed by atoms with Gasteiger partial charge >= 0.3 is 0 Å². The molecule has 2 aromatic carbocycles. The first-order valence-electron chi connectivity index (χ1n) is 8.25. The van der Waals surface area contributed by atoms with E-state index in [2.05, 4.69) is 33.8 Å². The van der Waals surface area contributed by atoms with Crippen molar-refractivity contribution in [2.24, 2.45) is 0 Å². The van der Waals surface area contributed by atoms with Gasteiger partial charge in [0.2, 0.25) is 5.89 Å². The molecule has 122 valence electrons. The Kier molecular flexibility index (Phi) is 4.01. The number of oxazole rings is 1. The molecule has 4 rings (SSSR count). The van der Waals surface area contributed by atoms with Crippen molar-refractivity contribution in [3.05, 3.63) is 65.9 Å². The van der Waals surface area contributed by atoms with E-state index >= 15 is 0 Å². The number of carbonyl (C=O) groups excluding carboxylic acids is 1. The fourth-order valence-corrected chi connectivity index (χ4v) is 3.16. The van der Waals surface area contributed by atoms with Crippen molar-refractivity contribution < 1.29 is 9.21 Å². The molecule has 1 saturated heterocycles. The van der Waals surface area contributed by atoms with Crippen LogP contribution in [0.4, 0.5) is 0 Å². The Morgan fingerprint density at radius 3 is 3.00 bits per heavy atom. The number of nitrogens with zero attached hydrogens (tertiary/aromatic N) is 1. The zero-order chi connectivity index (χ0) is 16.4. The second-order valence-corrected chi connectivity index (χ2v) is 6.04. The fourth-order valence-electron chi connectivity index (χ4n) is 3.16. The van der Waals surface area contributed by atoms with E-state index in [1.807, 2.05) is 24.3 Å². The van der Waals surface area contributed by atoms with Crippen molar-refractivity contribution in [3.63, 3.8) is 0 Å². The van der Waals surface area contributed by atoms with Gasteiger partial charge in [-0.15, -0.1) is 0 Å². The van der Waals surface area contributed by atoms with Crippen LogP contribution >= 0.6 is 0 Å². The number of carbonyl (C=O) groups is 1. The van der Waals surface area contributed by atoms with Crippen LogP contribution in [0.3, 0.4) is 0 Å². The molecule has 2 heterocycles. The van der Waals surface area contributed by atoms with E-state index < -0.39 is 0 Å². The van der Waals surface area contributed by atoms with Crippen LogP contribution in [-0.4, -0.2) is 17.4 Å². The number of aromatic nitrogens is 1. The van der Waals surface area contributed by atoms with Gasteiger partial charge in [0.15, 0.2) is 5.69 Å². The topological polar surface area (TPSA) is 67.2 Å². The maximum Gasteiger partial charge on any atom is 0.273 e. The largest absolute Gasteiger partial charge is 0.446 e. The molecule has 1 aliphatic heterocycles. The van der Waals surface area contributed by atoms with Gasteiger partial charge in [-0.2, -0.15) is 0 Å². The maximum absolute atomic E-state index is 12.3. The molecule has 0 radical (unpaired) electrons. The van der Waals surface area contributed by atoms with Crippen LogP contribution in [0.1, 0.15) is 40.8 Å². The summed E-state index contributed by atoms with van der Waals surface area (Å²) in [5.41, 5.74) is 1.42. The normalized spacial score (nSPS) is 17.2. The van der Waals surface area contributed by atoms with Crippen LogP contribution in [0.2, 0.25) is 0 Å². The first-order valence-corrected chi connectivity index (χ1v) is 8.25. The van der Waals surface area contributed by atoms with Crippen LogP contribution in [-0.2, 0) is 6.54 Å². The Hall–Kier alpha value is -2.66. The summed E-state index contributed by atoms with van der Waals surface area (Å²) in [6.07, 6.45) is 3.54. The monoisotopic (exact) mass is 321 g/mol. The zero-order valence-electron chi connectivity index (χ0n) is 13.3. The van der Waals surface area contributed by atoms with E-state index in [0.29, 0.717) is 18.1 Å². The molecule has 5 nitrogen and oxygen atoms in total. The second-order valence-electron chi connectivity index (χ2n) is 6.04. The molecule has 0 bridgehead atoms. The third-order valence-corrected chi connectivity index (χ3v) is 4.43. The summed E-state index contributed by atoms with van der Waals surface area (Å²) in [5, 5.41) is 8.56. The number of benzene rings is 2. The Bertz CT molecular complexity index is 860. The van der Waals surface area contributed by atoms with Crippen LogP contribution in [0, 0.1) is 0 Å². The molecule has 1 atom stereocenters. The van der Waals surface area contributed by atoms with Crippen LogP contribution in [0.15, 0.2) is 53.1 Å². The van der Waals surface area contributed by atoms with Gasteiger partial charge in [-0.25, -0.2) is 4.98 Å². The molecule has 1 unspecified atom stereocenters. The zero-order valence-corrected chi connectivity index (χ0v) is 13.3. The van der Waals surface area contributed by atoms with Crippen molar-refractivity contribution in [1.82, 2.24) is 15.6 Å². The molecule has 1 aromatic heterocycles. The highest BCUT2D eigenvalue weighted by molar-refractivity contribution is 5.92. The van der Waals surface area contributed by atoms with Gasteiger partial charge < -0.3 is 15.1 Å². The lowest BCUT2D eigenvalue weighted by molar-refractivity contribution is 0.0946. The number of nitrogens with one attached hydrogen (secondary N) is 2. The van der Waals surface area contributed by atoms with Crippen molar-refractivity contribution in [3.8, 4) is 0 Å². The van der Waals surface area contributed by atoms with Crippen LogP contribution < -0.4 is 10.6 Å². The summed E-state index contributed by atoms with van der Waals surface area (Å²) in [6, 6.07) is 14.4. The van der Waals surface area contributed by atoms with Gasteiger partial charge in [0.05, 0.1) is 6.04 Å². The predicted octanol–water partition coefficient (Wildman–Crippen LogP) is 3.18. The molecule has 24 heavy (non-hydrogen) atoms. The Balaban J connectivity index is 1.46. The molecular formula is C19H19N3O2. The number of hydrogen-bond acceptors (Lipinski definition) is 4. The fraction of sp³-hybridized carbons (Fsp3) is 0.263. The molecule has 3 aromatic rings. The maximum atomic E-state index is 12.3. The van der Waals surface area contributed by atoms with Crippen LogP contribution in [0.5, 0.6) is 0 Å². The highest BCUT2D eigenvalue weighted by Crippen LogP contribution is 2.22. The lowest BCUT2D eigenvalue weighted by atomic mass is 10.0. The quantitative estimate of drug-likeness (QED) is 0.774. The smallest absolute Gasteiger partial charge is 0.273 e. The molecular weight excluding hydrogens is 302 g/mol. The second kappa shape index (κ2) is 6.45. The van der Waals surface area contributed by atoms with E-state index in [4.69, 9.17) is 4.42 Å². The third kappa shape index (κ3) is 2.90. The summed E-state index contributed by atoms with van der Waals surface area (Å²) in [4.78, 5) is 16.7. The van der Waals surface area contributed by atoms with Crippen molar-refractivity contribution >= 4 is 16.7 Å². The molecule has 2 N–H and O–H groups in total. The number of hydrogen-bond donors (Lipinski definition) is 2. The SMILES string of the molecule is O=C(NCc1cccc2ccccc12)c1coc(C2CCCN2)n1. The molecule has 5 heteroatoms. The highest BCUT2D eigenvalue weighted by Gasteiger charge is 2.22. The summed E-state index contributed by atoms with van der Waals surface area (Å²) < 4.78 is 5.46. The first kappa shape index (κ1) is 14.9. The minimum absolute atomic E-state index is 0.129. The van der Waals surface area contributed by atoms with E-state index in [1.165, 1.54) is 11.6 Å². The summed E-state index contributed by atoms with van der Waals surface area (Å²) in [5.74, 6) is 0.388. The Morgan fingerprint density at radius 1 is 1.25 bits per heavy atom. The van der Waals surface area contributed by atoms with E-state index in [1.54, 1.807) is 0 Å². The van der Waals surface area contributed by atoms with Gasteiger partial charge in [-0.05, 0) is 35.7 Å². The van der Waals surface area contributed by atoms with E-state index in [0.717, 1.165) is 30.3 Å². The lowest BCUT2D eigenvalue weighted by Crippen LogP contribution is -2.23. The average molecular weight is 321 g/mol. The van der Waals surface area contributed by atoms with Crippen molar-refractivity contribution in [2.75, 3.05) is 6.54 Å².